The van der Waals surface area contributed by atoms with Crippen LogP contribution in [0.2, 0.25) is 0 Å². The smallest absolute Gasteiger partial charge is 0.214 e. The van der Waals surface area contributed by atoms with Gasteiger partial charge in [-0.2, -0.15) is 9.57 Å². The van der Waals surface area contributed by atoms with E-state index in [9.17, 15) is 8.42 Å². The van der Waals surface area contributed by atoms with Crippen LogP contribution in [0.25, 0.3) is 0 Å². The Morgan fingerprint density at radius 1 is 1.19 bits per heavy atom. The highest BCUT2D eigenvalue weighted by molar-refractivity contribution is 7.89. The summed E-state index contributed by atoms with van der Waals surface area (Å²) in [4.78, 5) is 2.41. The van der Waals surface area contributed by atoms with Crippen LogP contribution in [-0.4, -0.2) is 61.7 Å². The van der Waals surface area contributed by atoms with Crippen molar-refractivity contribution < 1.29 is 13.2 Å². The molecule has 1 aromatic rings. The van der Waals surface area contributed by atoms with Crippen LogP contribution in [0.15, 0.2) is 24.3 Å². The molecule has 6 nitrogen and oxygen atoms in total. The number of sulfonamides is 1. The highest BCUT2D eigenvalue weighted by Gasteiger charge is 2.42. The number of rotatable bonds is 8. The largest absolute Gasteiger partial charge is 0.492 e. The average molecular weight is 378 g/mol. The van der Waals surface area contributed by atoms with Crippen molar-refractivity contribution in [2.24, 2.45) is 0 Å². The molecule has 2 atom stereocenters. The lowest BCUT2D eigenvalue weighted by atomic mass is 10.2. The van der Waals surface area contributed by atoms with Crippen molar-refractivity contribution in [3.05, 3.63) is 29.8 Å². The molecule has 0 spiro atoms. The quantitative estimate of drug-likeness (QED) is 0.694. The van der Waals surface area contributed by atoms with Gasteiger partial charge in [-0.05, 0) is 43.5 Å². The summed E-state index contributed by atoms with van der Waals surface area (Å²) in [5, 5.41) is 8.82. The standard InChI is InChI=1S/C19H27N3O3S/c1-2-3-12-26(23,24)21-14-17-6-7-18(15-21)22(17)10-11-25-19-8-4-16(13-20)5-9-19/h4-5,8-9,17-18H,2-3,6-7,10-12,14-15H2,1H3. The third-order valence-corrected chi connectivity index (χ3v) is 7.24. The molecule has 0 saturated carbocycles. The number of benzene rings is 1. The average Bonchev–Trinajstić information content (AvgIpc) is 2.88. The van der Waals surface area contributed by atoms with Gasteiger partial charge >= 0.3 is 0 Å². The molecular formula is C19H27N3O3S. The fourth-order valence-electron chi connectivity index (χ4n) is 3.89. The van der Waals surface area contributed by atoms with Crippen molar-refractivity contribution in [2.45, 2.75) is 44.7 Å². The van der Waals surface area contributed by atoms with Gasteiger partial charge in [0.1, 0.15) is 12.4 Å². The van der Waals surface area contributed by atoms with Crippen molar-refractivity contribution in [3.63, 3.8) is 0 Å². The Balaban J connectivity index is 1.51. The van der Waals surface area contributed by atoms with Crippen LogP contribution in [-0.2, 0) is 10.0 Å². The van der Waals surface area contributed by atoms with E-state index in [1.807, 2.05) is 19.1 Å². The van der Waals surface area contributed by atoms with Crippen LogP contribution < -0.4 is 4.74 Å². The minimum Gasteiger partial charge on any atom is -0.492 e. The zero-order valence-corrected chi connectivity index (χ0v) is 16.1. The number of hydrogen-bond acceptors (Lipinski definition) is 5. The first-order chi connectivity index (χ1) is 12.5. The molecule has 0 aromatic heterocycles. The van der Waals surface area contributed by atoms with E-state index in [0.29, 0.717) is 37.3 Å². The van der Waals surface area contributed by atoms with E-state index in [-0.39, 0.29) is 5.75 Å². The number of piperazine rings is 1. The lowest BCUT2D eigenvalue weighted by Gasteiger charge is -2.40. The molecule has 2 bridgehead atoms. The molecule has 2 unspecified atom stereocenters. The Labute approximate surface area is 156 Å². The number of nitrogens with zero attached hydrogens (tertiary/aromatic N) is 3. The minimum absolute atomic E-state index is 0.269. The van der Waals surface area contributed by atoms with Crippen LogP contribution in [0.5, 0.6) is 5.75 Å². The molecule has 0 amide bonds. The topological polar surface area (TPSA) is 73.6 Å². The molecule has 2 aliphatic rings. The molecule has 26 heavy (non-hydrogen) atoms. The maximum atomic E-state index is 12.5. The van der Waals surface area contributed by atoms with Gasteiger partial charge in [0, 0.05) is 31.7 Å². The summed E-state index contributed by atoms with van der Waals surface area (Å²) < 4.78 is 32.5. The van der Waals surface area contributed by atoms with E-state index in [0.717, 1.165) is 38.0 Å². The van der Waals surface area contributed by atoms with Gasteiger partial charge in [-0.25, -0.2) is 8.42 Å². The molecule has 2 heterocycles. The number of ether oxygens (including phenoxy) is 1. The first-order valence-corrected chi connectivity index (χ1v) is 11.0. The third kappa shape index (κ3) is 4.37. The van der Waals surface area contributed by atoms with Crippen LogP contribution in [0.3, 0.4) is 0 Å². The summed E-state index contributed by atoms with van der Waals surface area (Å²) in [5.74, 6) is 1.03. The fourth-order valence-corrected chi connectivity index (χ4v) is 5.60. The number of unbranched alkanes of at least 4 members (excludes halogenated alkanes) is 1. The monoisotopic (exact) mass is 377 g/mol. The summed E-state index contributed by atoms with van der Waals surface area (Å²) in [7, 11) is -3.12. The molecule has 2 aliphatic heterocycles. The van der Waals surface area contributed by atoms with E-state index >= 15 is 0 Å². The molecule has 1 aromatic carbocycles. The van der Waals surface area contributed by atoms with Crippen molar-refractivity contribution in [1.82, 2.24) is 9.21 Å². The minimum atomic E-state index is -3.12. The van der Waals surface area contributed by atoms with E-state index < -0.39 is 10.0 Å². The summed E-state index contributed by atoms with van der Waals surface area (Å²) in [5.41, 5.74) is 0.621. The number of fused-ring (bicyclic) bond motifs is 2. The van der Waals surface area contributed by atoms with Gasteiger partial charge < -0.3 is 4.74 Å². The molecule has 0 N–H and O–H groups in total. The lowest BCUT2D eigenvalue weighted by Crippen LogP contribution is -2.56. The van der Waals surface area contributed by atoms with Gasteiger partial charge in [0.15, 0.2) is 0 Å². The fraction of sp³-hybridized carbons (Fsp3) is 0.632. The van der Waals surface area contributed by atoms with Crippen LogP contribution in [0.4, 0.5) is 0 Å². The predicted molar refractivity (Wildman–Crippen MR) is 100 cm³/mol. The second kappa shape index (κ2) is 8.38. The Hall–Kier alpha value is -1.62. The first kappa shape index (κ1) is 19.2. The molecule has 2 saturated heterocycles. The third-order valence-electron chi connectivity index (χ3n) is 5.35. The van der Waals surface area contributed by atoms with Gasteiger partial charge in [0.25, 0.3) is 0 Å². The molecular weight excluding hydrogens is 350 g/mol. The predicted octanol–water partition coefficient (Wildman–Crippen LogP) is 2.22. The van der Waals surface area contributed by atoms with Gasteiger partial charge in [0.2, 0.25) is 10.0 Å². The van der Waals surface area contributed by atoms with Crippen LogP contribution >= 0.6 is 0 Å². The number of hydrogen-bond donors (Lipinski definition) is 0. The lowest BCUT2D eigenvalue weighted by molar-refractivity contribution is 0.0927. The normalized spacial score (nSPS) is 23.7. The van der Waals surface area contributed by atoms with Gasteiger partial charge in [-0.1, -0.05) is 13.3 Å². The Morgan fingerprint density at radius 3 is 2.42 bits per heavy atom. The van der Waals surface area contributed by atoms with Crippen molar-refractivity contribution >= 4 is 10.0 Å². The van der Waals surface area contributed by atoms with Gasteiger partial charge in [0.05, 0.1) is 17.4 Å². The molecule has 142 valence electrons. The molecule has 0 aliphatic carbocycles. The Kier molecular flexibility index (Phi) is 6.17. The maximum absolute atomic E-state index is 12.5. The maximum Gasteiger partial charge on any atom is 0.214 e. The molecule has 7 heteroatoms. The SMILES string of the molecule is CCCCS(=O)(=O)N1CC2CCC(C1)N2CCOc1ccc(C#N)cc1. The van der Waals surface area contributed by atoms with Crippen molar-refractivity contribution in [1.29, 1.82) is 5.26 Å². The number of nitriles is 1. The van der Waals surface area contributed by atoms with Crippen LogP contribution in [0.1, 0.15) is 38.2 Å². The zero-order chi connectivity index (χ0) is 18.6. The van der Waals surface area contributed by atoms with Gasteiger partial charge in [-0.15, -0.1) is 0 Å². The van der Waals surface area contributed by atoms with E-state index in [1.165, 1.54) is 0 Å². The first-order valence-electron chi connectivity index (χ1n) is 9.40. The molecule has 0 radical (unpaired) electrons. The van der Waals surface area contributed by atoms with Crippen molar-refractivity contribution in [2.75, 3.05) is 32.0 Å². The van der Waals surface area contributed by atoms with E-state index in [2.05, 4.69) is 11.0 Å². The Morgan fingerprint density at radius 2 is 1.85 bits per heavy atom. The van der Waals surface area contributed by atoms with E-state index in [1.54, 1.807) is 16.4 Å². The molecule has 2 fully saturated rings. The zero-order valence-electron chi connectivity index (χ0n) is 15.3. The summed E-state index contributed by atoms with van der Waals surface area (Å²) in [6, 6.07) is 9.81. The van der Waals surface area contributed by atoms with E-state index in [4.69, 9.17) is 10.00 Å². The van der Waals surface area contributed by atoms with Crippen LogP contribution in [0, 0.1) is 11.3 Å². The van der Waals surface area contributed by atoms with Crippen molar-refractivity contribution in [3.8, 4) is 11.8 Å². The molecule has 3 rings (SSSR count). The summed E-state index contributed by atoms with van der Waals surface area (Å²) in [6.45, 7) is 4.61. The van der Waals surface area contributed by atoms with Gasteiger partial charge in [-0.3, -0.25) is 4.90 Å². The second-order valence-electron chi connectivity index (χ2n) is 7.09. The summed E-state index contributed by atoms with van der Waals surface area (Å²) in [6.07, 6.45) is 3.75. The highest BCUT2D eigenvalue weighted by atomic mass is 32.2. The Bertz CT molecular complexity index is 728. The second-order valence-corrected chi connectivity index (χ2v) is 9.18. The highest BCUT2D eigenvalue weighted by Crippen LogP contribution is 2.31. The summed E-state index contributed by atoms with van der Waals surface area (Å²) >= 11 is 0.